The van der Waals surface area contributed by atoms with Gasteiger partial charge in [-0.05, 0) is 12.5 Å². The summed E-state index contributed by atoms with van der Waals surface area (Å²) >= 11 is 0. The highest BCUT2D eigenvalue weighted by molar-refractivity contribution is 5.69. The van der Waals surface area contributed by atoms with Crippen molar-refractivity contribution in [1.82, 2.24) is 4.90 Å². The Morgan fingerprint density at radius 2 is 2.00 bits per heavy atom. The van der Waals surface area contributed by atoms with Gasteiger partial charge in [-0.15, -0.1) is 0 Å². The lowest BCUT2D eigenvalue weighted by Gasteiger charge is -2.22. The molecule has 0 aromatic heterocycles. The number of nitrogens with zero attached hydrogens (tertiary/aromatic N) is 3. The largest absolute Gasteiger partial charge is 0.480 e. The van der Waals surface area contributed by atoms with Crippen molar-refractivity contribution in [2.45, 2.75) is 6.42 Å². The van der Waals surface area contributed by atoms with E-state index in [1.165, 1.54) is 6.07 Å². The Labute approximate surface area is 116 Å². The lowest BCUT2D eigenvalue weighted by molar-refractivity contribution is -0.384. The molecule has 0 amide bonds. The molecule has 0 bridgehead atoms. The molecule has 20 heavy (non-hydrogen) atoms. The van der Waals surface area contributed by atoms with Crippen LogP contribution in [0.2, 0.25) is 0 Å². The predicted octanol–water partition coefficient (Wildman–Crippen LogP) is 1.19. The maximum absolute atomic E-state index is 11.1. The standard InChI is InChI=1S/C13H17N3O4/c17-13(18)10-14-6-3-7-15(9-8-14)11-4-1-2-5-12(11)16(19)20/h1-2,4-5H,3,6-10H2,(H,17,18). The molecule has 7 heteroatoms. The fourth-order valence-corrected chi connectivity index (χ4v) is 2.45. The Balaban J connectivity index is 2.11. The first-order valence-corrected chi connectivity index (χ1v) is 6.50. The third-order valence-corrected chi connectivity index (χ3v) is 3.37. The number of hydrogen-bond donors (Lipinski definition) is 1. The lowest BCUT2D eigenvalue weighted by atomic mass is 10.2. The molecule has 7 nitrogen and oxygen atoms in total. The number of rotatable bonds is 4. The van der Waals surface area contributed by atoms with Gasteiger partial charge < -0.3 is 10.0 Å². The third kappa shape index (κ3) is 3.45. The zero-order valence-corrected chi connectivity index (χ0v) is 11.1. The van der Waals surface area contributed by atoms with Crippen molar-refractivity contribution in [1.29, 1.82) is 0 Å². The minimum Gasteiger partial charge on any atom is -0.480 e. The number of para-hydroxylation sites is 2. The van der Waals surface area contributed by atoms with E-state index in [0.29, 0.717) is 31.9 Å². The molecule has 108 valence electrons. The highest BCUT2D eigenvalue weighted by Gasteiger charge is 2.22. The van der Waals surface area contributed by atoms with Gasteiger partial charge in [0, 0.05) is 32.2 Å². The summed E-state index contributed by atoms with van der Waals surface area (Å²) in [5.41, 5.74) is 0.703. The Morgan fingerprint density at radius 1 is 1.25 bits per heavy atom. The molecule has 1 saturated heterocycles. The van der Waals surface area contributed by atoms with Crippen LogP contribution in [0.1, 0.15) is 6.42 Å². The number of carbonyl (C=O) groups is 1. The average Bonchev–Trinajstić information content (AvgIpc) is 2.63. The predicted molar refractivity (Wildman–Crippen MR) is 74.0 cm³/mol. The summed E-state index contributed by atoms with van der Waals surface area (Å²) in [6.45, 7) is 2.60. The zero-order valence-electron chi connectivity index (χ0n) is 11.1. The quantitative estimate of drug-likeness (QED) is 0.658. The van der Waals surface area contributed by atoms with Gasteiger partial charge in [-0.1, -0.05) is 12.1 Å². The number of nitro benzene ring substituents is 1. The van der Waals surface area contributed by atoms with Crippen LogP contribution in [0.4, 0.5) is 11.4 Å². The molecule has 1 aliphatic rings. The Kier molecular flexibility index (Phi) is 4.52. The van der Waals surface area contributed by atoms with Gasteiger partial charge in [0.05, 0.1) is 11.5 Å². The minimum absolute atomic E-state index is 0.0186. The van der Waals surface area contributed by atoms with E-state index in [1.807, 2.05) is 9.80 Å². The van der Waals surface area contributed by atoms with Crippen LogP contribution in [0.5, 0.6) is 0 Å². The van der Waals surface area contributed by atoms with Gasteiger partial charge in [0.2, 0.25) is 0 Å². The van der Waals surface area contributed by atoms with Gasteiger partial charge in [-0.25, -0.2) is 0 Å². The molecule has 0 spiro atoms. The van der Waals surface area contributed by atoms with Crippen LogP contribution < -0.4 is 4.90 Å². The number of anilines is 1. The summed E-state index contributed by atoms with van der Waals surface area (Å²) < 4.78 is 0. The van der Waals surface area contributed by atoms with Crippen LogP contribution in [0.25, 0.3) is 0 Å². The molecule has 2 rings (SSSR count). The zero-order chi connectivity index (χ0) is 14.5. The first-order chi connectivity index (χ1) is 9.58. The number of nitro groups is 1. The summed E-state index contributed by atoms with van der Waals surface area (Å²) in [6.07, 6.45) is 0.791. The fraction of sp³-hybridized carbons (Fsp3) is 0.462. The van der Waals surface area contributed by atoms with Crippen molar-refractivity contribution >= 4 is 17.3 Å². The molecule has 1 heterocycles. The van der Waals surface area contributed by atoms with Crippen molar-refractivity contribution in [3.63, 3.8) is 0 Å². The van der Waals surface area contributed by atoms with E-state index in [0.717, 1.165) is 6.42 Å². The second-order valence-corrected chi connectivity index (χ2v) is 4.76. The van der Waals surface area contributed by atoms with E-state index in [1.54, 1.807) is 18.2 Å². The summed E-state index contributed by atoms with van der Waals surface area (Å²) in [6, 6.07) is 6.67. The van der Waals surface area contributed by atoms with Crippen LogP contribution >= 0.6 is 0 Å². The van der Waals surface area contributed by atoms with Gasteiger partial charge in [-0.2, -0.15) is 0 Å². The fourth-order valence-electron chi connectivity index (χ4n) is 2.45. The summed E-state index contributed by atoms with van der Waals surface area (Å²) in [4.78, 5) is 25.2. The van der Waals surface area contributed by atoms with E-state index in [4.69, 9.17) is 5.11 Å². The van der Waals surface area contributed by atoms with Gasteiger partial charge in [0.15, 0.2) is 0 Å². The molecular formula is C13H17N3O4. The molecule has 0 saturated carbocycles. The molecule has 1 aliphatic heterocycles. The van der Waals surface area contributed by atoms with Gasteiger partial charge in [0.25, 0.3) is 5.69 Å². The summed E-state index contributed by atoms with van der Waals surface area (Å²) in [7, 11) is 0. The van der Waals surface area contributed by atoms with Gasteiger partial charge >= 0.3 is 5.97 Å². The van der Waals surface area contributed by atoms with Crippen LogP contribution in [0.3, 0.4) is 0 Å². The first kappa shape index (κ1) is 14.3. The van der Waals surface area contributed by atoms with E-state index >= 15 is 0 Å². The van der Waals surface area contributed by atoms with Crippen LogP contribution in [-0.2, 0) is 4.79 Å². The third-order valence-electron chi connectivity index (χ3n) is 3.37. The number of carboxylic acids is 1. The number of benzene rings is 1. The molecule has 0 atom stereocenters. The minimum atomic E-state index is -0.843. The van der Waals surface area contributed by atoms with Gasteiger partial charge in [0.1, 0.15) is 5.69 Å². The average molecular weight is 279 g/mol. The van der Waals surface area contributed by atoms with Gasteiger partial charge in [-0.3, -0.25) is 19.8 Å². The number of carboxylic acid groups (broad SMARTS) is 1. The molecular weight excluding hydrogens is 262 g/mol. The maximum Gasteiger partial charge on any atom is 0.317 e. The normalized spacial score (nSPS) is 16.7. The summed E-state index contributed by atoms with van der Waals surface area (Å²) in [5, 5.41) is 19.9. The van der Waals surface area contributed by atoms with Crippen LogP contribution in [0, 0.1) is 10.1 Å². The monoisotopic (exact) mass is 279 g/mol. The Hall–Kier alpha value is -2.15. The Bertz CT molecular complexity index is 506. The number of hydrogen-bond acceptors (Lipinski definition) is 5. The molecule has 1 fully saturated rings. The van der Waals surface area contributed by atoms with Crippen molar-refractivity contribution < 1.29 is 14.8 Å². The van der Waals surface area contributed by atoms with Crippen molar-refractivity contribution in [3.8, 4) is 0 Å². The molecule has 1 N–H and O–H groups in total. The lowest BCUT2D eigenvalue weighted by Crippen LogP contribution is -2.34. The van der Waals surface area contributed by atoms with Crippen molar-refractivity contribution in [3.05, 3.63) is 34.4 Å². The molecule has 0 aliphatic carbocycles. The van der Waals surface area contributed by atoms with E-state index in [2.05, 4.69) is 0 Å². The van der Waals surface area contributed by atoms with E-state index in [-0.39, 0.29) is 17.2 Å². The topological polar surface area (TPSA) is 86.9 Å². The smallest absolute Gasteiger partial charge is 0.317 e. The first-order valence-electron chi connectivity index (χ1n) is 6.50. The van der Waals surface area contributed by atoms with E-state index < -0.39 is 5.97 Å². The SMILES string of the molecule is O=C(O)CN1CCCN(c2ccccc2[N+](=O)[O-])CC1. The number of aliphatic carboxylic acids is 1. The highest BCUT2D eigenvalue weighted by atomic mass is 16.6. The maximum atomic E-state index is 11.1. The second kappa shape index (κ2) is 6.33. The van der Waals surface area contributed by atoms with Crippen LogP contribution in [0.15, 0.2) is 24.3 Å². The highest BCUT2D eigenvalue weighted by Crippen LogP contribution is 2.28. The summed E-state index contributed by atoms with van der Waals surface area (Å²) in [5.74, 6) is -0.843. The molecule has 1 aromatic rings. The van der Waals surface area contributed by atoms with Crippen LogP contribution in [-0.4, -0.2) is 53.6 Å². The van der Waals surface area contributed by atoms with Crippen molar-refractivity contribution in [2.24, 2.45) is 0 Å². The van der Waals surface area contributed by atoms with Crippen molar-refractivity contribution in [2.75, 3.05) is 37.6 Å². The Morgan fingerprint density at radius 3 is 2.70 bits per heavy atom. The second-order valence-electron chi connectivity index (χ2n) is 4.76. The molecule has 0 unspecified atom stereocenters. The molecule has 1 aromatic carbocycles. The van der Waals surface area contributed by atoms with E-state index in [9.17, 15) is 14.9 Å². The molecule has 0 radical (unpaired) electrons.